The number of hydrogen-bond donors (Lipinski definition) is 0. The molecule has 11 rings (SSSR count). The molecule has 302 valence electrons. The van der Waals surface area contributed by atoms with Crippen LogP contribution in [0.3, 0.4) is 0 Å². The molecule has 0 aliphatic rings. The molecule has 0 bridgehead atoms. The van der Waals surface area contributed by atoms with Gasteiger partial charge in [-0.3, -0.25) is 13.7 Å². The van der Waals surface area contributed by atoms with Crippen molar-refractivity contribution < 1.29 is 27.1 Å². The van der Waals surface area contributed by atoms with E-state index in [9.17, 15) is 1.37 Å². The van der Waals surface area contributed by atoms with Gasteiger partial charge in [-0.2, -0.15) is 0 Å². The Labute approximate surface area is 385 Å². The van der Waals surface area contributed by atoms with Crippen LogP contribution in [0.1, 0.15) is 42.8 Å². The molecular formula is C58H44N4O. The Kier molecular flexibility index (Phi) is 6.60. The van der Waals surface area contributed by atoms with Gasteiger partial charge in [0.25, 0.3) is 6.33 Å². The molecule has 0 radical (unpaired) electrons. The van der Waals surface area contributed by atoms with Crippen molar-refractivity contribution in [1.82, 2.24) is 14.1 Å². The zero-order chi connectivity index (χ0) is 53.6. The molecule has 0 fully saturated rings. The number of ether oxygens (including phenoxy) is 1. The summed E-state index contributed by atoms with van der Waals surface area (Å²) in [5, 5.41) is 1.75. The van der Waals surface area contributed by atoms with Crippen molar-refractivity contribution in [2.45, 2.75) is 25.7 Å². The second kappa shape index (κ2) is 15.8. The second-order valence-corrected chi connectivity index (χ2v) is 15.8. The lowest BCUT2D eigenvalue weighted by molar-refractivity contribution is -0.571. The maximum atomic E-state index is 9.60. The molecule has 0 spiro atoms. The van der Waals surface area contributed by atoms with Crippen LogP contribution in [-0.2, 0) is 11.8 Å². The first-order valence-electron chi connectivity index (χ1n) is 26.9. The van der Waals surface area contributed by atoms with E-state index in [-0.39, 0.29) is 52.0 Å². The normalized spacial score (nSPS) is 14.6. The molecule has 0 aliphatic carbocycles. The summed E-state index contributed by atoms with van der Waals surface area (Å²) in [6.45, 7) is 4.13. The Balaban J connectivity index is 1.05. The highest BCUT2D eigenvalue weighted by Crippen LogP contribution is 2.38. The van der Waals surface area contributed by atoms with Gasteiger partial charge >= 0.3 is 0 Å². The fourth-order valence-electron chi connectivity index (χ4n) is 8.41. The average molecular weight is 826 g/mol. The minimum absolute atomic E-state index is 0.0514. The van der Waals surface area contributed by atoms with Gasteiger partial charge in [0.15, 0.2) is 0 Å². The SMILES string of the molecule is [2H]c1nc(-n2c3ccccc3c3ccc(Oc4cccc(-n5[c-][n+](-c6c(-c7c([2H])c([2H])c([2H])c([2H])c7[2H])cccc6-c6c([2H])c([2H])c([2H])c([2H])c6[2H])c6ccccc65)c4)cc32)c([2H])c(CC(C)(C)c2ccccc2)c1[2H]. The van der Waals surface area contributed by atoms with Crippen LogP contribution < -0.4 is 9.30 Å². The molecule has 0 saturated carbocycles. The average Bonchev–Trinajstić information content (AvgIpc) is 4.04. The molecule has 0 unspecified atom stereocenters. The first-order chi connectivity index (χ1) is 36.4. The predicted octanol–water partition coefficient (Wildman–Crippen LogP) is 13.8. The summed E-state index contributed by atoms with van der Waals surface area (Å²) in [6.07, 6.45) is 3.51. The van der Waals surface area contributed by atoms with Gasteiger partial charge < -0.3 is 4.74 Å². The molecule has 11 aromatic rings. The van der Waals surface area contributed by atoms with E-state index in [1.807, 2.05) is 95.6 Å². The summed E-state index contributed by atoms with van der Waals surface area (Å²) in [5.74, 6) is 1.09. The number of hydrogen-bond acceptors (Lipinski definition) is 2. The Hall–Kier alpha value is -8.02. The van der Waals surface area contributed by atoms with Gasteiger partial charge in [0.05, 0.1) is 51.3 Å². The summed E-state index contributed by atoms with van der Waals surface area (Å²) < 4.78 is 126. The van der Waals surface area contributed by atoms with Gasteiger partial charge in [-0.25, -0.2) is 4.98 Å². The third-order valence-electron chi connectivity index (χ3n) is 11.3. The summed E-state index contributed by atoms with van der Waals surface area (Å²) >= 11 is 0. The molecule has 0 N–H and O–H groups in total. The minimum Gasteiger partial charge on any atom is -0.458 e. The molecule has 3 aromatic heterocycles. The Morgan fingerprint density at radius 3 is 2.03 bits per heavy atom. The number of rotatable bonds is 10. The standard InChI is InChI=1S/C58H44N4O/c1-58(2,44-22-10-5-11-23-44)39-41-34-35-59-56(36-41)62-52-29-13-12-26-50(52)51-33-32-47(38-55(51)62)63-46-25-16-24-45(37-46)60-40-61(54-31-15-14-30-53(54)60)57-48(42-18-6-3-7-19-42)27-17-28-49(57)43-20-8-4-9-21-43/h3-38H,39H2,1-2H3/i3D,4D,6D,7D,8D,9D,18D,19D,20D,21D,34D,35D,36D. The van der Waals surface area contributed by atoms with Crippen molar-refractivity contribution >= 4 is 32.8 Å². The zero-order valence-electron chi connectivity index (χ0n) is 47.2. The number of benzene rings is 8. The summed E-state index contributed by atoms with van der Waals surface area (Å²) in [5.41, 5.74) is 4.20. The van der Waals surface area contributed by atoms with Crippen LogP contribution in [0.2, 0.25) is 0 Å². The van der Waals surface area contributed by atoms with Crippen molar-refractivity contribution in [2.75, 3.05) is 0 Å². The summed E-state index contributed by atoms with van der Waals surface area (Å²) in [7, 11) is 0. The Morgan fingerprint density at radius 1 is 0.619 bits per heavy atom. The van der Waals surface area contributed by atoms with Crippen LogP contribution in [-0.4, -0.2) is 14.1 Å². The van der Waals surface area contributed by atoms with Crippen molar-refractivity contribution in [1.29, 1.82) is 0 Å². The van der Waals surface area contributed by atoms with E-state index in [0.717, 1.165) is 21.9 Å². The highest BCUT2D eigenvalue weighted by atomic mass is 16.5. The third kappa shape index (κ3) is 7.04. The predicted molar refractivity (Wildman–Crippen MR) is 256 cm³/mol. The van der Waals surface area contributed by atoms with Crippen LogP contribution in [0.5, 0.6) is 11.5 Å². The quantitative estimate of drug-likeness (QED) is 0.102. The van der Waals surface area contributed by atoms with E-state index in [4.69, 9.17) is 21.2 Å². The first kappa shape index (κ1) is 26.3. The van der Waals surface area contributed by atoms with Gasteiger partial charge in [0.1, 0.15) is 17.3 Å². The van der Waals surface area contributed by atoms with Crippen LogP contribution in [0.4, 0.5) is 0 Å². The van der Waals surface area contributed by atoms with E-state index in [1.54, 1.807) is 57.7 Å². The summed E-state index contributed by atoms with van der Waals surface area (Å²) in [6, 6.07) is 37.1. The van der Waals surface area contributed by atoms with Crippen LogP contribution in [0, 0.1) is 6.33 Å². The Bertz CT molecular complexity index is 4060. The van der Waals surface area contributed by atoms with Crippen molar-refractivity contribution in [2.24, 2.45) is 0 Å². The van der Waals surface area contributed by atoms with E-state index < -0.39 is 65.8 Å². The molecule has 5 heteroatoms. The van der Waals surface area contributed by atoms with E-state index in [0.29, 0.717) is 45.7 Å². The van der Waals surface area contributed by atoms with Crippen molar-refractivity contribution in [3.05, 3.63) is 236 Å². The van der Waals surface area contributed by atoms with Gasteiger partial charge in [-0.05, 0) is 93.7 Å². The van der Waals surface area contributed by atoms with Crippen molar-refractivity contribution in [3.63, 3.8) is 0 Å². The number of aromatic nitrogens is 4. The smallest absolute Gasteiger partial charge is 0.269 e. The topological polar surface area (TPSA) is 35.9 Å². The van der Waals surface area contributed by atoms with Gasteiger partial charge in [0.2, 0.25) is 0 Å². The largest absolute Gasteiger partial charge is 0.458 e. The number of imidazole rings is 1. The van der Waals surface area contributed by atoms with Crippen LogP contribution in [0.15, 0.2) is 218 Å². The fraction of sp³-hybridized carbons (Fsp3) is 0.0690. The number of pyridine rings is 1. The monoisotopic (exact) mass is 825 g/mol. The van der Waals surface area contributed by atoms with Gasteiger partial charge in [0, 0.05) is 23.0 Å². The molecule has 0 aliphatic heterocycles. The lowest BCUT2D eigenvalue weighted by Crippen LogP contribution is -2.31. The molecule has 0 atom stereocenters. The molecule has 63 heavy (non-hydrogen) atoms. The lowest BCUT2D eigenvalue weighted by Gasteiger charge is -2.25. The minimum atomic E-state index is -0.587. The fourth-order valence-corrected chi connectivity index (χ4v) is 8.41. The molecule has 3 heterocycles. The highest BCUT2D eigenvalue weighted by Gasteiger charge is 2.23. The van der Waals surface area contributed by atoms with E-state index in [2.05, 4.69) is 25.2 Å². The molecule has 8 aromatic carbocycles. The maximum Gasteiger partial charge on any atom is 0.269 e. The van der Waals surface area contributed by atoms with Crippen LogP contribution >= 0.6 is 0 Å². The molecule has 0 saturated heterocycles. The molecular weight excluding hydrogens is 769 g/mol. The van der Waals surface area contributed by atoms with E-state index >= 15 is 0 Å². The number of fused-ring (bicyclic) bond motifs is 4. The van der Waals surface area contributed by atoms with Gasteiger partial charge in [-0.1, -0.05) is 171 Å². The molecule has 0 amide bonds. The lowest BCUT2D eigenvalue weighted by atomic mass is 9.79. The maximum absolute atomic E-state index is 9.60. The van der Waals surface area contributed by atoms with Gasteiger partial charge in [-0.15, -0.1) is 0 Å². The Morgan fingerprint density at radius 2 is 1.27 bits per heavy atom. The highest BCUT2D eigenvalue weighted by molar-refractivity contribution is 6.09. The first-order valence-corrected chi connectivity index (χ1v) is 20.4. The van der Waals surface area contributed by atoms with Crippen LogP contribution in [0.25, 0.3) is 72.3 Å². The number of nitrogens with zero attached hydrogens (tertiary/aromatic N) is 4. The second-order valence-electron chi connectivity index (χ2n) is 15.8. The van der Waals surface area contributed by atoms with E-state index in [1.165, 1.54) is 0 Å². The third-order valence-corrected chi connectivity index (χ3v) is 11.3. The summed E-state index contributed by atoms with van der Waals surface area (Å²) in [4.78, 5) is 4.59. The number of para-hydroxylation sites is 4. The molecule has 5 nitrogen and oxygen atoms in total. The zero-order valence-corrected chi connectivity index (χ0v) is 34.2. The van der Waals surface area contributed by atoms with Crippen molar-refractivity contribution in [3.8, 4) is 50.9 Å².